The maximum Gasteiger partial charge on any atom is 0.328 e. The van der Waals surface area contributed by atoms with Crippen molar-refractivity contribution in [3.05, 3.63) is 24.3 Å². The summed E-state index contributed by atoms with van der Waals surface area (Å²) >= 11 is 0. The highest BCUT2D eigenvalue weighted by atomic mass is 16.4. The average Bonchev–Trinajstić information content (AvgIpc) is 2.61. The van der Waals surface area contributed by atoms with E-state index in [0.717, 1.165) is 25.7 Å². The van der Waals surface area contributed by atoms with Gasteiger partial charge in [-0.15, -0.1) is 0 Å². The summed E-state index contributed by atoms with van der Waals surface area (Å²) in [6.45, 7) is 0.676. The monoisotopic (exact) mass is 406 g/mol. The van der Waals surface area contributed by atoms with E-state index in [1.807, 2.05) is 0 Å². The number of aliphatic carboxylic acids is 4. The highest BCUT2D eigenvalue weighted by molar-refractivity contribution is 5.90. The van der Waals surface area contributed by atoms with Crippen molar-refractivity contribution >= 4 is 23.9 Å². The molecule has 10 nitrogen and oxygen atoms in total. The Morgan fingerprint density at radius 2 is 0.607 bits per heavy atom. The molecule has 28 heavy (non-hydrogen) atoms. The number of hydrogen-bond donors (Lipinski definition) is 6. The first-order chi connectivity index (χ1) is 13.2. The van der Waals surface area contributed by atoms with E-state index in [4.69, 9.17) is 30.6 Å². The minimum atomic E-state index is -1.26. The zero-order valence-electron chi connectivity index (χ0n) is 15.7. The van der Waals surface area contributed by atoms with Gasteiger partial charge >= 0.3 is 23.9 Å². The lowest BCUT2D eigenvalue weighted by molar-refractivity contribution is -0.134. The van der Waals surface area contributed by atoms with Crippen LogP contribution in [-0.4, -0.2) is 67.7 Å². The van der Waals surface area contributed by atoms with E-state index in [-0.39, 0.29) is 0 Å². The second-order valence-electron chi connectivity index (χ2n) is 5.30. The molecule has 0 saturated carbocycles. The standard InChI is InChI=1S/C10H22O2.2C4H4O4/c11-9-7-5-3-1-2-4-6-8-10-12;2*5-3(6)1-2-4(7)8/h11-12H,1-10H2;2*1-2H,(H,5,6)(H,7,8)/b;2*2-1-. The first-order valence-corrected chi connectivity index (χ1v) is 8.66. The quantitative estimate of drug-likeness (QED) is 0.193. The van der Waals surface area contributed by atoms with Crippen molar-refractivity contribution in [1.29, 1.82) is 0 Å². The highest BCUT2D eigenvalue weighted by Crippen LogP contribution is 2.07. The van der Waals surface area contributed by atoms with Gasteiger partial charge in [0, 0.05) is 37.5 Å². The van der Waals surface area contributed by atoms with E-state index in [0.29, 0.717) is 37.5 Å². The van der Waals surface area contributed by atoms with Crippen LogP contribution in [0.4, 0.5) is 0 Å². The van der Waals surface area contributed by atoms with Gasteiger partial charge in [-0.25, -0.2) is 19.2 Å². The molecule has 6 N–H and O–H groups in total. The molecule has 0 unspecified atom stereocenters. The number of hydrogen-bond acceptors (Lipinski definition) is 6. The molecule has 0 aliphatic carbocycles. The van der Waals surface area contributed by atoms with E-state index in [1.54, 1.807) is 0 Å². The van der Waals surface area contributed by atoms with Gasteiger partial charge in [0.2, 0.25) is 0 Å². The van der Waals surface area contributed by atoms with E-state index < -0.39 is 23.9 Å². The van der Waals surface area contributed by atoms with Crippen molar-refractivity contribution in [3.63, 3.8) is 0 Å². The van der Waals surface area contributed by atoms with Crippen molar-refractivity contribution in [2.45, 2.75) is 51.4 Å². The summed E-state index contributed by atoms with van der Waals surface area (Å²) in [5, 5.41) is 48.3. The Morgan fingerprint density at radius 1 is 0.429 bits per heavy atom. The van der Waals surface area contributed by atoms with Crippen LogP contribution in [0.3, 0.4) is 0 Å². The number of aliphatic hydroxyl groups is 2. The van der Waals surface area contributed by atoms with Gasteiger partial charge in [0.15, 0.2) is 0 Å². The van der Waals surface area contributed by atoms with Crippen LogP contribution in [0.2, 0.25) is 0 Å². The second kappa shape index (κ2) is 24.3. The summed E-state index contributed by atoms with van der Waals surface area (Å²) in [6, 6.07) is 0. The number of carboxylic acid groups (broad SMARTS) is 4. The Balaban J connectivity index is -0.000000347. The molecule has 0 heterocycles. The molecule has 0 aliphatic rings. The lowest BCUT2D eigenvalue weighted by Gasteiger charge is -1.99. The maximum absolute atomic E-state index is 9.55. The minimum absolute atomic E-state index is 0.338. The third-order valence-corrected chi connectivity index (χ3v) is 2.80. The Labute approximate surface area is 163 Å². The molecule has 0 amide bonds. The van der Waals surface area contributed by atoms with Crippen LogP contribution >= 0.6 is 0 Å². The summed E-state index contributed by atoms with van der Waals surface area (Å²) in [5.74, 6) is -5.03. The molecular weight excluding hydrogens is 376 g/mol. The molecular formula is C18H30O10. The predicted octanol–water partition coefficient (Wildman–Crippen LogP) is 1.52. The van der Waals surface area contributed by atoms with Crippen LogP contribution < -0.4 is 0 Å². The van der Waals surface area contributed by atoms with Gasteiger partial charge in [0.1, 0.15) is 0 Å². The zero-order chi connectivity index (χ0) is 22.2. The van der Waals surface area contributed by atoms with Crippen molar-refractivity contribution in [3.8, 4) is 0 Å². The van der Waals surface area contributed by atoms with Crippen LogP contribution in [0.1, 0.15) is 51.4 Å². The summed E-state index contributed by atoms with van der Waals surface area (Å²) < 4.78 is 0. The second-order valence-corrected chi connectivity index (χ2v) is 5.30. The van der Waals surface area contributed by atoms with Crippen molar-refractivity contribution in [1.82, 2.24) is 0 Å². The highest BCUT2D eigenvalue weighted by Gasteiger charge is 1.91. The molecule has 0 aromatic carbocycles. The van der Waals surface area contributed by atoms with Gasteiger partial charge in [-0.05, 0) is 12.8 Å². The summed E-state index contributed by atoms with van der Waals surface area (Å²) in [4.78, 5) is 38.2. The molecule has 0 aliphatic heterocycles. The van der Waals surface area contributed by atoms with Crippen LogP contribution in [-0.2, 0) is 19.2 Å². The Bertz CT molecular complexity index is 407. The van der Waals surface area contributed by atoms with E-state index in [2.05, 4.69) is 0 Å². The SMILES string of the molecule is O=C(O)/C=C\C(=O)O.O=C(O)/C=C\C(=O)O.OCCCCCCCCCCO. The number of carboxylic acids is 4. The summed E-state index contributed by atoms with van der Waals surface area (Å²) in [5.41, 5.74) is 0. The molecule has 0 fully saturated rings. The van der Waals surface area contributed by atoms with E-state index in [9.17, 15) is 19.2 Å². The van der Waals surface area contributed by atoms with Crippen LogP contribution in [0, 0.1) is 0 Å². The fraction of sp³-hybridized carbons (Fsp3) is 0.556. The molecule has 0 radical (unpaired) electrons. The van der Waals surface area contributed by atoms with Crippen LogP contribution in [0.5, 0.6) is 0 Å². The van der Waals surface area contributed by atoms with Crippen molar-refractivity contribution in [2.75, 3.05) is 13.2 Å². The van der Waals surface area contributed by atoms with Gasteiger partial charge in [0.25, 0.3) is 0 Å². The van der Waals surface area contributed by atoms with E-state index in [1.165, 1.54) is 25.7 Å². The molecule has 0 aromatic heterocycles. The molecule has 0 bridgehead atoms. The van der Waals surface area contributed by atoms with Gasteiger partial charge in [-0.1, -0.05) is 38.5 Å². The molecule has 0 atom stereocenters. The molecule has 0 spiro atoms. The molecule has 0 saturated heterocycles. The Hall–Kier alpha value is -2.72. The number of unbranched alkanes of at least 4 members (excludes halogenated alkanes) is 7. The van der Waals surface area contributed by atoms with Crippen LogP contribution in [0.25, 0.3) is 0 Å². The number of rotatable bonds is 13. The van der Waals surface area contributed by atoms with Crippen LogP contribution in [0.15, 0.2) is 24.3 Å². The first kappa shape index (κ1) is 30.0. The topological polar surface area (TPSA) is 190 Å². The van der Waals surface area contributed by atoms with Gasteiger partial charge in [0.05, 0.1) is 0 Å². The largest absolute Gasteiger partial charge is 0.478 e. The number of carbonyl (C=O) groups is 4. The lowest BCUT2D eigenvalue weighted by atomic mass is 10.1. The number of aliphatic hydroxyl groups excluding tert-OH is 2. The van der Waals surface area contributed by atoms with Crippen molar-refractivity contribution < 1.29 is 49.8 Å². The third-order valence-electron chi connectivity index (χ3n) is 2.80. The van der Waals surface area contributed by atoms with Gasteiger partial charge in [-0.3, -0.25) is 0 Å². The fourth-order valence-corrected chi connectivity index (χ4v) is 1.57. The maximum atomic E-state index is 9.55. The predicted molar refractivity (Wildman–Crippen MR) is 99.9 cm³/mol. The van der Waals surface area contributed by atoms with Gasteiger partial charge < -0.3 is 30.6 Å². The van der Waals surface area contributed by atoms with Crippen molar-refractivity contribution in [2.24, 2.45) is 0 Å². The fourth-order valence-electron chi connectivity index (χ4n) is 1.57. The molecule has 10 heteroatoms. The Morgan fingerprint density at radius 3 is 0.750 bits per heavy atom. The Kier molecular flexibility index (Phi) is 26.0. The molecule has 162 valence electrons. The van der Waals surface area contributed by atoms with Gasteiger partial charge in [-0.2, -0.15) is 0 Å². The smallest absolute Gasteiger partial charge is 0.328 e. The zero-order valence-corrected chi connectivity index (χ0v) is 15.7. The third kappa shape index (κ3) is 43.6. The average molecular weight is 406 g/mol. The lowest BCUT2D eigenvalue weighted by Crippen LogP contribution is -1.91. The van der Waals surface area contributed by atoms with E-state index >= 15 is 0 Å². The summed E-state index contributed by atoms with van der Waals surface area (Å²) in [6.07, 6.45) is 11.5. The minimum Gasteiger partial charge on any atom is -0.478 e. The molecule has 0 aromatic rings. The normalized spacial score (nSPS) is 9.93. The molecule has 0 rings (SSSR count). The summed E-state index contributed by atoms with van der Waals surface area (Å²) in [7, 11) is 0. The first-order valence-electron chi connectivity index (χ1n) is 8.66.